The Kier molecular flexibility index (Phi) is 2.30. The van der Waals surface area contributed by atoms with Crippen molar-refractivity contribution in [3.05, 3.63) is 29.6 Å². The summed E-state index contributed by atoms with van der Waals surface area (Å²) in [5.74, 6) is 0.844. The van der Waals surface area contributed by atoms with Crippen molar-refractivity contribution in [3.8, 4) is 23.0 Å². The molecule has 1 aromatic carbocycles. The fourth-order valence-corrected chi connectivity index (χ4v) is 1.81. The van der Waals surface area contributed by atoms with E-state index in [1.165, 1.54) is 11.5 Å². The van der Waals surface area contributed by atoms with E-state index in [1.807, 2.05) is 12.1 Å². The lowest BCUT2D eigenvalue weighted by Crippen LogP contribution is -1.86. The minimum absolute atomic E-state index is 0.358. The zero-order valence-corrected chi connectivity index (χ0v) is 9.39. The molecule has 0 bridgehead atoms. The molecule has 0 fully saturated rings. The van der Waals surface area contributed by atoms with Crippen molar-refractivity contribution in [1.82, 2.24) is 19.7 Å². The summed E-state index contributed by atoms with van der Waals surface area (Å²) in [7, 11) is 0. The van der Waals surface area contributed by atoms with Crippen LogP contribution in [0.15, 0.2) is 34.2 Å². The van der Waals surface area contributed by atoms with Crippen molar-refractivity contribution < 1.29 is 4.52 Å². The van der Waals surface area contributed by atoms with E-state index in [-0.39, 0.29) is 0 Å². The highest BCUT2D eigenvalue weighted by atomic mass is 32.1. The molecule has 0 unspecified atom stereocenters. The molecule has 0 spiro atoms. The summed E-state index contributed by atoms with van der Waals surface area (Å²) < 4.78 is 8.84. The monoisotopic (exact) mass is 245 g/mol. The van der Waals surface area contributed by atoms with Crippen molar-refractivity contribution in [1.29, 1.82) is 0 Å². The lowest BCUT2D eigenvalue weighted by Gasteiger charge is -1.94. The maximum Gasteiger partial charge on any atom is 0.279 e. The molecule has 0 saturated heterocycles. The zero-order chi connectivity index (χ0) is 11.7. The van der Waals surface area contributed by atoms with Crippen LogP contribution in [0.5, 0.6) is 0 Å². The lowest BCUT2D eigenvalue weighted by molar-refractivity contribution is 0.431. The summed E-state index contributed by atoms with van der Waals surface area (Å²) in [6.07, 6.45) is 0. The number of nitrogen functional groups attached to an aromatic ring is 1. The number of hydrogen-bond donors (Lipinski definition) is 1. The van der Waals surface area contributed by atoms with Crippen molar-refractivity contribution in [2.45, 2.75) is 0 Å². The van der Waals surface area contributed by atoms with E-state index < -0.39 is 0 Å². The van der Waals surface area contributed by atoms with Gasteiger partial charge in [-0.1, -0.05) is 21.8 Å². The van der Waals surface area contributed by atoms with Crippen LogP contribution >= 0.6 is 11.5 Å². The van der Waals surface area contributed by atoms with E-state index in [2.05, 4.69) is 19.7 Å². The summed E-state index contributed by atoms with van der Waals surface area (Å²) in [4.78, 5) is 4.23. The highest BCUT2D eigenvalue weighted by Gasteiger charge is 2.12. The Morgan fingerprint density at radius 2 is 2.24 bits per heavy atom. The first-order chi connectivity index (χ1) is 8.33. The molecule has 3 rings (SSSR count). The van der Waals surface area contributed by atoms with Gasteiger partial charge in [-0.2, -0.15) is 4.98 Å². The number of nitrogens with two attached hydrogens (primary N) is 1. The lowest BCUT2D eigenvalue weighted by atomic mass is 10.2. The zero-order valence-electron chi connectivity index (χ0n) is 8.57. The Morgan fingerprint density at radius 3 is 3.00 bits per heavy atom. The predicted octanol–water partition coefficient (Wildman–Crippen LogP) is 1.84. The second-order valence-electron chi connectivity index (χ2n) is 3.34. The van der Waals surface area contributed by atoms with E-state index in [0.29, 0.717) is 23.1 Å². The van der Waals surface area contributed by atoms with Gasteiger partial charge in [0.15, 0.2) is 5.69 Å². The predicted molar refractivity (Wildman–Crippen MR) is 63.0 cm³/mol. The van der Waals surface area contributed by atoms with Crippen molar-refractivity contribution >= 4 is 17.2 Å². The molecule has 0 amide bonds. The van der Waals surface area contributed by atoms with E-state index in [0.717, 1.165) is 5.56 Å². The van der Waals surface area contributed by atoms with Gasteiger partial charge in [0.1, 0.15) is 0 Å². The topological polar surface area (TPSA) is 90.7 Å². The number of nitrogens with zero attached hydrogens (tertiary/aromatic N) is 4. The number of benzene rings is 1. The summed E-state index contributed by atoms with van der Waals surface area (Å²) in [5, 5.41) is 9.48. The van der Waals surface area contributed by atoms with Gasteiger partial charge in [-0.05, 0) is 23.7 Å². The molecule has 0 aliphatic rings. The molecule has 0 radical (unpaired) electrons. The Labute approximate surface area is 100 Å². The minimum atomic E-state index is 0.358. The van der Waals surface area contributed by atoms with Crippen molar-refractivity contribution in [3.63, 3.8) is 0 Å². The molecule has 7 heteroatoms. The van der Waals surface area contributed by atoms with Crippen LogP contribution in [0.3, 0.4) is 0 Å². The second-order valence-corrected chi connectivity index (χ2v) is 3.95. The number of hydrogen-bond acceptors (Lipinski definition) is 7. The van der Waals surface area contributed by atoms with Crippen LogP contribution in [0.1, 0.15) is 0 Å². The van der Waals surface area contributed by atoms with E-state index in [1.54, 1.807) is 17.5 Å². The minimum Gasteiger partial charge on any atom is -0.399 e. The highest BCUT2D eigenvalue weighted by molar-refractivity contribution is 7.03. The van der Waals surface area contributed by atoms with Crippen LogP contribution in [-0.2, 0) is 0 Å². The van der Waals surface area contributed by atoms with Gasteiger partial charge in [0.25, 0.3) is 5.89 Å². The van der Waals surface area contributed by atoms with Crippen molar-refractivity contribution in [2.24, 2.45) is 0 Å². The highest BCUT2D eigenvalue weighted by Crippen LogP contribution is 2.22. The normalized spacial score (nSPS) is 10.6. The van der Waals surface area contributed by atoms with Gasteiger partial charge in [0.05, 0.1) is 0 Å². The summed E-state index contributed by atoms with van der Waals surface area (Å²) in [6.45, 7) is 0. The molecule has 6 nitrogen and oxygen atoms in total. The fraction of sp³-hybridized carbons (Fsp3) is 0. The Morgan fingerprint density at radius 1 is 1.29 bits per heavy atom. The van der Waals surface area contributed by atoms with Crippen LogP contribution in [0, 0.1) is 0 Å². The molecule has 0 saturated carbocycles. The molecule has 2 N–H and O–H groups in total. The maximum atomic E-state index is 5.69. The quantitative estimate of drug-likeness (QED) is 0.693. The van der Waals surface area contributed by atoms with Gasteiger partial charge < -0.3 is 10.3 Å². The average Bonchev–Trinajstić information content (AvgIpc) is 3.00. The first-order valence-electron chi connectivity index (χ1n) is 4.80. The van der Waals surface area contributed by atoms with E-state index in [4.69, 9.17) is 10.3 Å². The Balaban J connectivity index is 2.01. The molecular weight excluding hydrogens is 238 g/mol. The largest absolute Gasteiger partial charge is 0.399 e. The molecule has 0 aliphatic heterocycles. The first kappa shape index (κ1) is 9.91. The standard InChI is InChI=1S/C10H7N5OS/c11-7-3-1-2-6(4-7)9-12-10(16-14-9)8-5-17-15-13-8/h1-5H,11H2. The van der Waals surface area contributed by atoms with Gasteiger partial charge in [-0.3, -0.25) is 0 Å². The van der Waals surface area contributed by atoms with Crippen LogP contribution in [0.2, 0.25) is 0 Å². The number of anilines is 1. The van der Waals surface area contributed by atoms with Crippen LogP contribution in [0.4, 0.5) is 5.69 Å². The second kappa shape index (κ2) is 3.95. The molecule has 2 aromatic heterocycles. The molecular formula is C10H7N5OS. The van der Waals surface area contributed by atoms with Crippen LogP contribution < -0.4 is 5.73 Å². The summed E-state index contributed by atoms with van der Waals surface area (Å²) >= 11 is 1.23. The molecule has 17 heavy (non-hydrogen) atoms. The van der Waals surface area contributed by atoms with Gasteiger partial charge in [-0.15, -0.1) is 5.10 Å². The fourth-order valence-electron chi connectivity index (χ4n) is 1.38. The van der Waals surface area contributed by atoms with Crippen molar-refractivity contribution in [2.75, 3.05) is 5.73 Å². The average molecular weight is 245 g/mol. The third-order valence-electron chi connectivity index (χ3n) is 2.15. The third-order valence-corrected chi connectivity index (χ3v) is 2.65. The van der Waals surface area contributed by atoms with Gasteiger partial charge >= 0.3 is 0 Å². The van der Waals surface area contributed by atoms with Gasteiger partial charge in [0.2, 0.25) is 5.82 Å². The summed E-state index contributed by atoms with van der Waals surface area (Å²) in [5.41, 5.74) is 7.74. The molecule has 2 heterocycles. The van der Waals surface area contributed by atoms with Gasteiger partial charge in [-0.25, -0.2) is 0 Å². The Bertz CT molecular complexity index is 634. The molecule has 84 valence electrons. The van der Waals surface area contributed by atoms with Crippen LogP contribution in [0.25, 0.3) is 23.0 Å². The van der Waals surface area contributed by atoms with Gasteiger partial charge in [0, 0.05) is 16.6 Å². The number of rotatable bonds is 2. The molecule has 3 aromatic rings. The smallest absolute Gasteiger partial charge is 0.279 e. The van der Waals surface area contributed by atoms with Crippen LogP contribution in [-0.4, -0.2) is 19.7 Å². The molecule has 0 atom stereocenters. The maximum absolute atomic E-state index is 5.69. The SMILES string of the molecule is Nc1cccc(-c2noc(-c3csnn3)n2)c1. The number of aromatic nitrogens is 4. The first-order valence-corrected chi connectivity index (χ1v) is 5.63. The van der Waals surface area contributed by atoms with E-state index in [9.17, 15) is 0 Å². The summed E-state index contributed by atoms with van der Waals surface area (Å²) in [6, 6.07) is 7.29. The molecule has 0 aliphatic carbocycles. The van der Waals surface area contributed by atoms with E-state index >= 15 is 0 Å². The third kappa shape index (κ3) is 1.87. The Hall–Kier alpha value is -2.28.